The van der Waals surface area contributed by atoms with Crippen LogP contribution in [0.4, 0.5) is 36.8 Å². The van der Waals surface area contributed by atoms with E-state index in [1.54, 1.807) is 6.07 Å². The molecule has 0 spiro atoms. The third-order valence-corrected chi connectivity index (χ3v) is 5.14. The van der Waals surface area contributed by atoms with Gasteiger partial charge in [-0.05, 0) is 68.1 Å². The molecule has 0 aromatic heterocycles. The lowest BCUT2D eigenvalue weighted by Gasteiger charge is -2.29. The molecule has 176 valence electrons. The van der Waals surface area contributed by atoms with Gasteiger partial charge in [-0.1, -0.05) is 0 Å². The van der Waals surface area contributed by atoms with Crippen LogP contribution >= 0.6 is 0 Å². The molecule has 3 rings (SSSR count). The van der Waals surface area contributed by atoms with Gasteiger partial charge >= 0.3 is 18.4 Å². The first-order valence-electron chi connectivity index (χ1n) is 9.98. The van der Waals surface area contributed by atoms with Crippen LogP contribution in [0.3, 0.4) is 0 Å². The van der Waals surface area contributed by atoms with Gasteiger partial charge in [0.1, 0.15) is 5.75 Å². The Kier molecular flexibility index (Phi) is 7.05. The molecule has 0 saturated heterocycles. The minimum Gasteiger partial charge on any atom is -0.490 e. The first-order chi connectivity index (χ1) is 15.4. The fourth-order valence-electron chi connectivity index (χ4n) is 3.52. The Hall–Kier alpha value is -3.42. The van der Waals surface area contributed by atoms with Crippen molar-refractivity contribution in [3.8, 4) is 11.8 Å². The van der Waals surface area contributed by atoms with E-state index in [0.717, 1.165) is 24.3 Å². The number of urea groups is 1. The Morgan fingerprint density at radius 3 is 2.06 bits per heavy atom. The number of halogens is 6. The number of alkyl halides is 6. The van der Waals surface area contributed by atoms with E-state index in [9.17, 15) is 31.1 Å². The molecule has 0 radical (unpaired) electrons. The van der Waals surface area contributed by atoms with Crippen LogP contribution in [0.15, 0.2) is 42.5 Å². The van der Waals surface area contributed by atoms with E-state index in [1.807, 2.05) is 0 Å². The molecule has 0 atom stereocenters. The lowest BCUT2D eigenvalue weighted by Crippen LogP contribution is -2.41. The second-order valence-electron chi connectivity index (χ2n) is 7.62. The molecule has 1 aliphatic carbocycles. The highest BCUT2D eigenvalue weighted by Crippen LogP contribution is 2.33. The average molecular weight is 471 g/mol. The number of benzene rings is 2. The van der Waals surface area contributed by atoms with Crippen molar-refractivity contribution in [2.45, 2.75) is 50.2 Å². The van der Waals surface area contributed by atoms with Crippen LogP contribution in [-0.2, 0) is 12.4 Å². The number of anilines is 1. The minimum atomic E-state index is -4.66. The Bertz CT molecular complexity index is 1020. The molecule has 0 unspecified atom stereocenters. The molecule has 1 saturated carbocycles. The zero-order valence-electron chi connectivity index (χ0n) is 17.1. The molecule has 2 aromatic rings. The van der Waals surface area contributed by atoms with Crippen molar-refractivity contribution in [2.24, 2.45) is 0 Å². The molecule has 11 heteroatoms. The van der Waals surface area contributed by atoms with Crippen LogP contribution in [0, 0.1) is 11.3 Å². The summed E-state index contributed by atoms with van der Waals surface area (Å²) in [6, 6.07) is 7.65. The zero-order chi connectivity index (χ0) is 24.2. The Morgan fingerprint density at radius 2 is 1.52 bits per heavy atom. The Labute approximate surface area is 185 Å². The summed E-state index contributed by atoms with van der Waals surface area (Å²) >= 11 is 0. The monoisotopic (exact) mass is 471 g/mol. The first kappa shape index (κ1) is 24.2. The van der Waals surface area contributed by atoms with Gasteiger partial charge in [0.15, 0.2) is 0 Å². The van der Waals surface area contributed by atoms with Crippen molar-refractivity contribution in [1.29, 1.82) is 5.26 Å². The minimum absolute atomic E-state index is 0.154. The molecular formula is C22H19F6N3O2. The predicted octanol–water partition coefficient (Wildman–Crippen LogP) is 6.11. The summed E-state index contributed by atoms with van der Waals surface area (Å²) in [5, 5.41) is 13.9. The molecule has 0 heterocycles. The topological polar surface area (TPSA) is 74.2 Å². The van der Waals surface area contributed by atoms with Gasteiger partial charge in [-0.25, -0.2) is 4.79 Å². The van der Waals surface area contributed by atoms with Gasteiger partial charge in [0.25, 0.3) is 0 Å². The molecule has 2 N–H and O–H groups in total. The van der Waals surface area contributed by atoms with Gasteiger partial charge in [0, 0.05) is 11.7 Å². The fraction of sp³-hybridized carbons (Fsp3) is 0.364. The zero-order valence-corrected chi connectivity index (χ0v) is 17.1. The van der Waals surface area contributed by atoms with Gasteiger partial charge in [0.2, 0.25) is 0 Å². The lowest BCUT2D eigenvalue weighted by molar-refractivity contribution is -0.138. The van der Waals surface area contributed by atoms with Crippen LogP contribution in [0.5, 0.6) is 5.75 Å². The SMILES string of the molecule is N#Cc1cc(NC(=O)NC2CCC(Oc3ccc(C(F)(F)F)cc3)CC2)cc(C(F)(F)F)c1. The second kappa shape index (κ2) is 9.60. The Morgan fingerprint density at radius 1 is 0.909 bits per heavy atom. The molecule has 1 aliphatic rings. The fourth-order valence-corrected chi connectivity index (χ4v) is 3.52. The third-order valence-electron chi connectivity index (χ3n) is 5.14. The van der Waals surface area contributed by atoms with Gasteiger partial charge in [0.05, 0.1) is 28.9 Å². The van der Waals surface area contributed by atoms with Crippen molar-refractivity contribution in [1.82, 2.24) is 5.32 Å². The maximum Gasteiger partial charge on any atom is 0.416 e. The first-order valence-corrected chi connectivity index (χ1v) is 9.98. The van der Waals surface area contributed by atoms with E-state index in [2.05, 4.69) is 10.6 Å². The number of nitrogens with zero attached hydrogens (tertiary/aromatic N) is 1. The number of nitriles is 1. The maximum atomic E-state index is 13.0. The van der Waals surface area contributed by atoms with Crippen LogP contribution in [0.1, 0.15) is 42.4 Å². The van der Waals surface area contributed by atoms with Crippen LogP contribution in [0.2, 0.25) is 0 Å². The molecule has 2 amide bonds. The number of nitrogens with one attached hydrogen (secondary N) is 2. The number of carbonyl (C=O) groups is 1. The van der Waals surface area contributed by atoms with E-state index in [1.165, 1.54) is 12.1 Å². The highest BCUT2D eigenvalue weighted by molar-refractivity contribution is 5.89. The predicted molar refractivity (Wildman–Crippen MR) is 106 cm³/mol. The summed E-state index contributed by atoms with van der Waals surface area (Å²) in [6.07, 6.45) is -7.21. The molecule has 0 aliphatic heterocycles. The van der Waals surface area contributed by atoms with E-state index < -0.39 is 29.5 Å². The summed E-state index contributed by atoms with van der Waals surface area (Å²) in [7, 11) is 0. The van der Waals surface area contributed by atoms with Crippen LogP contribution in [-0.4, -0.2) is 18.2 Å². The Balaban J connectivity index is 1.50. The van der Waals surface area contributed by atoms with Crippen molar-refractivity contribution < 1.29 is 35.9 Å². The maximum absolute atomic E-state index is 13.0. The highest BCUT2D eigenvalue weighted by Gasteiger charge is 2.32. The number of amides is 2. The standard InChI is InChI=1S/C22H19F6N3O2/c23-21(24,25)14-1-5-18(6-2-14)33-19-7-3-16(4-8-19)30-20(32)31-17-10-13(12-29)9-15(11-17)22(26,27)28/h1-2,5-6,9-11,16,19H,3-4,7-8H2,(H2,30,31,32). The summed E-state index contributed by atoms with van der Waals surface area (Å²) in [6.45, 7) is 0. The number of hydrogen-bond acceptors (Lipinski definition) is 3. The number of carbonyl (C=O) groups excluding carboxylic acids is 1. The van der Waals surface area contributed by atoms with Gasteiger partial charge < -0.3 is 15.4 Å². The van der Waals surface area contributed by atoms with E-state index in [0.29, 0.717) is 37.5 Å². The van der Waals surface area contributed by atoms with Crippen molar-refractivity contribution in [3.05, 3.63) is 59.2 Å². The van der Waals surface area contributed by atoms with E-state index in [-0.39, 0.29) is 23.4 Å². The second-order valence-corrected chi connectivity index (χ2v) is 7.62. The largest absolute Gasteiger partial charge is 0.490 e. The van der Waals surface area contributed by atoms with Crippen LogP contribution in [0.25, 0.3) is 0 Å². The van der Waals surface area contributed by atoms with Crippen molar-refractivity contribution in [2.75, 3.05) is 5.32 Å². The lowest BCUT2D eigenvalue weighted by atomic mass is 9.93. The summed E-state index contributed by atoms with van der Waals surface area (Å²) in [5.41, 5.74) is -2.20. The molecule has 33 heavy (non-hydrogen) atoms. The van der Waals surface area contributed by atoms with Gasteiger partial charge in [-0.2, -0.15) is 31.6 Å². The molecule has 1 fully saturated rings. The highest BCUT2D eigenvalue weighted by atomic mass is 19.4. The smallest absolute Gasteiger partial charge is 0.416 e. The number of ether oxygens (including phenoxy) is 1. The number of rotatable bonds is 4. The summed E-state index contributed by atoms with van der Waals surface area (Å²) in [4.78, 5) is 12.2. The molecule has 2 aromatic carbocycles. The molecule has 5 nitrogen and oxygen atoms in total. The summed E-state index contributed by atoms with van der Waals surface area (Å²) in [5.74, 6) is 0.315. The van der Waals surface area contributed by atoms with Gasteiger partial charge in [-0.3, -0.25) is 0 Å². The summed E-state index contributed by atoms with van der Waals surface area (Å²) < 4.78 is 82.5. The van der Waals surface area contributed by atoms with Gasteiger partial charge in [-0.15, -0.1) is 0 Å². The van der Waals surface area contributed by atoms with Crippen LogP contribution < -0.4 is 15.4 Å². The normalized spacial score (nSPS) is 18.8. The molecular weight excluding hydrogens is 452 g/mol. The van der Waals surface area contributed by atoms with Crippen molar-refractivity contribution >= 4 is 11.7 Å². The quantitative estimate of drug-likeness (QED) is 0.529. The third kappa shape index (κ3) is 6.78. The molecule has 0 bridgehead atoms. The number of hydrogen-bond donors (Lipinski definition) is 2. The van der Waals surface area contributed by atoms with E-state index >= 15 is 0 Å². The van der Waals surface area contributed by atoms with E-state index in [4.69, 9.17) is 10.00 Å². The average Bonchev–Trinajstić information content (AvgIpc) is 2.74. The van der Waals surface area contributed by atoms with Crippen molar-refractivity contribution in [3.63, 3.8) is 0 Å².